The highest BCUT2D eigenvalue weighted by Crippen LogP contribution is 2.36. The molecule has 2 aromatic heterocycles. The van der Waals surface area contributed by atoms with E-state index in [1.54, 1.807) is 9.58 Å². The summed E-state index contributed by atoms with van der Waals surface area (Å²) in [6, 6.07) is 9.74. The molecule has 2 fully saturated rings. The number of hydrogen-bond donors (Lipinski definition) is 0. The lowest BCUT2D eigenvalue weighted by atomic mass is 9.98. The van der Waals surface area contributed by atoms with Crippen molar-refractivity contribution in [2.45, 2.75) is 63.9 Å². The van der Waals surface area contributed by atoms with Gasteiger partial charge in [-0.3, -0.25) is 0 Å². The molecule has 3 atom stereocenters. The average Bonchev–Trinajstić information content (AvgIpc) is 3.23. The smallest absolute Gasteiger partial charge is 0.410 e. The van der Waals surface area contributed by atoms with Gasteiger partial charge in [0.05, 0.1) is 0 Å². The van der Waals surface area contributed by atoms with E-state index in [0.29, 0.717) is 35.2 Å². The maximum absolute atomic E-state index is 13.0. The number of ether oxygens (including phenoxy) is 2. The topological polar surface area (TPSA) is 85.6 Å². The van der Waals surface area contributed by atoms with E-state index in [1.165, 1.54) is 0 Å². The minimum Gasteiger partial charge on any atom is -0.445 e. The van der Waals surface area contributed by atoms with Gasteiger partial charge in [-0.15, -0.1) is 0 Å². The molecule has 2 saturated heterocycles. The summed E-state index contributed by atoms with van der Waals surface area (Å²) in [6.45, 7) is 3.45. The van der Waals surface area contributed by atoms with Crippen LogP contribution in [-0.2, 0) is 16.1 Å². The zero-order chi connectivity index (χ0) is 25.2. The number of carbonyl (C=O) groups excluding carboxylic acids is 1. The number of aromatic nitrogens is 4. The van der Waals surface area contributed by atoms with Crippen molar-refractivity contribution in [3.05, 3.63) is 46.3 Å². The van der Waals surface area contributed by atoms with Gasteiger partial charge in [0.15, 0.2) is 17.0 Å². The molecule has 1 amide bonds. The van der Waals surface area contributed by atoms with Crippen LogP contribution < -0.4 is 4.90 Å². The highest BCUT2D eigenvalue weighted by Gasteiger charge is 2.34. The molecule has 192 valence electrons. The summed E-state index contributed by atoms with van der Waals surface area (Å²) in [7, 11) is 1.94. The monoisotopic (exact) mass is 532 g/mol. The van der Waals surface area contributed by atoms with Crippen LogP contribution in [0.1, 0.15) is 50.8 Å². The Hall–Kier alpha value is -2.62. The Balaban J connectivity index is 1.37. The molecule has 1 unspecified atom stereocenters. The Morgan fingerprint density at radius 3 is 2.72 bits per heavy atom. The molecule has 2 aliphatic rings. The molecule has 0 spiro atoms. The van der Waals surface area contributed by atoms with E-state index in [2.05, 4.69) is 15.1 Å². The van der Waals surface area contributed by atoms with Crippen molar-refractivity contribution in [1.29, 1.82) is 0 Å². The van der Waals surface area contributed by atoms with Crippen LogP contribution in [0.3, 0.4) is 0 Å². The van der Waals surface area contributed by atoms with Gasteiger partial charge in [0.1, 0.15) is 17.8 Å². The molecule has 0 radical (unpaired) electrons. The number of halogens is 2. The summed E-state index contributed by atoms with van der Waals surface area (Å²) >= 11 is 13.0. The number of carbonyl (C=O) groups is 1. The Morgan fingerprint density at radius 1 is 1.17 bits per heavy atom. The molecule has 1 aromatic carbocycles. The fourth-order valence-corrected chi connectivity index (χ4v) is 5.37. The first-order chi connectivity index (χ1) is 17.4. The average molecular weight is 533 g/mol. The fourth-order valence-electron chi connectivity index (χ4n) is 4.96. The summed E-state index contributed by atoms with van der Waals surface area (Å²) < 4.78 is 13.3. The molecule has 11 heteroatoms. The third-order valence-electron chi connectivity index (χ3n) is 7.07. The van der Waals surface area contributed by atoms with Crippen LogP contribution in [0.4, 0.5) is 10.6 Å². The molecule has 0 saturated carbocycles. The van der Waals surface area contributed by atoms with Gasteiger partial charge in [0, 0.05) is 32.3 Å². The normalized spacial score (nSPS) is 22.6. The Morgan fingerprint density at radius 2 is 1.97 bits per heavy atom. The van der Waals surface area contributed by atoms with Crippen molar-refractivity contribution < 1.29 is 14.3 Å². The molecule has 0 N–H and O–H groups in total. The summed E-state index contributed by atoms with van der Waals surface area (Å²) in [5, 5.41) is 5.59. The first-order valence-electron chi connectivity index (χ1n) is 12.4. The zero-order valence-corrected chi connectivity index (χ0v) is 22.0. The van der Waals surface area contributed by atoms with Crippen LogP contribution in [0.5, 0.6) is 0 Å². The second kappa shape index (κ2) is 10.8. The number of rotatable bonds is 5. The number of benzene rings is 1. The van der Waals surface area contributed by atoms with E-state index in [-0.39, 0.29) is 36.3 Å². The quantitative estimate of drug-likeness (QED) is 0.403. The molecule has 9 nitrogen and oxygen atoms in total. The largest absolute Gasteiger partial charge is 0.445 e. The van der Waals surface area contributed by atoms with Crippen LogP contribution in [-0.4, -0.2) is 63.0 Å². The third-order valence-corrected chi connectivity index (χ3v) is 7.50. The van der Waals surface area contributed by atoms with Crippen molar-refractivity contribution in [3.8, 4) is 0 Å². The van der Waals surface area contributed by atoms with Crippen LogP contribution >= 0.6 is 23.2 Å². The molecule has 4 heterocycles. The van der Waals surface area contributed by atoms with E-state index in [1.807, 2.05) is 49.2 Å². The fraction of sp³-hybridized carbons (Fsp3) is 0.520. The molecule has 5 rings (SSSR count). The molecule has 2 aliphatic heterocycles. The molecule has 0 aliphatic carbocycles. The van der Waals surface area contributed by atoms with E-state index in [4.69, 9.17) is 32.7 Å². The number of hydrogen-bond acceptors (Lipinski definition) is 7. The summed E-state index contributed by atoms with van der Waals surface area (Å²) in [4.78, 5) is 25.8. The third kappa shape index (κ3) is 5.10. The van der Waals surface area contributed by atoms with Gasteiger partial charge in [0.25, 0.3) is 0 Å². The predicted molar refractivity (Wildman–Crippen MR) is 138 cm³/mol. The maximum Gasteiger partial charge on any atom is 0.410 e. The Kier molecular flexibility index (Phi) is 7.50. The number of likely N-dealkylation sites (N-methyl/N-ethyl adjacent to an activating group) is 1. The lowest BCUT2D eigenvalue weighted by Crippen LogP contribution is -2.52. The number of amides is 1. The lowest BCUT2D eigenvalue weighted by molar-refractivity contribution is -0.0369. The van der Waals surface area contributed by atoms with Crippen molar-refractivity contribution in [2.75, 3.05) is 25.1 Å². The van der Waals surface area contributed by atoms with Gasteiger partial charge in [-0.25, -0.2) is 9.48 Å². The number of nitrogens with zero attached hydrogens (tertiary/aromatic N) is 6. The van der Waals surface area contributed by atoms with E-state index >= 15 is 0 Å². The number of piperidine rings is 1. The van der Waals surface area contributed by atoms with Crippen molar-refractivity contribution in [3.63, 3.8) is 0 Å². The van der Waals surface area contributed by atoms with Gasteiger partial charge in [0.2, 0.25) is 5.28 Å². The minimum absolute atomic E-state index is 0.00927. The minimum atomic E-state index is -0.324. The molecular weight excluding hydrogens is 503 g/mol. The number of likely N-dealkylation sites (tertiary alicyclic amines) is 1. The van der Waals surface area contributed by atoms with Gasteiger partial charge in [-0.05, 0) is 56.2 Å². The SMILES string of the molecule is C[C@H]1CC[C@@H](N(C)c2nc(Cl)nc3c2c(Cl)nn3C2CCCCO2)CN1C(=O)OCc1ccccc1. The van der Waals surface area contributed by atoms with Crippen LogP contribution in [0.2, 0.25) is 10.4 Å². The highest BCUT2D eigenvalue weighted by molar-refractivity contribution is 6.35. The van der Waals surface area contributed by atoms with Crippen LogP contribution in [0, 0.1) is 0 Å². The van der Waals surface area contributed by atoms with Gasteiger partial charge >= 0.3 is 6.09 Å². The first-order valence-corrected chi connectivity index (χ1v) is 13.1. The van der Waals surface area contributed by atoms with Gasteiger partial charge in [-0.1, -0.05) is 41.9 Å². The second-order valence-corrected chi connectivity index (χ2v) is 10.2. The van der Waals surface area contributed by atoms with Gasteiger partial charge < -0.3 is 19.3 Å². The predicted octanol–water partition coefficient (Wildman–Crippen LogP) is 5.46. The zero-order valence-electron chi connectivity index (χ0n) is 20.4. The van der Waals surface area contributed by atoms with Crippen LogP contribution in [0.25, 0.3) is 11.0 Å². The van der Waals surface area contributed by atoms with Crippen LogP contribution in [0.15, 0.2) is 30.3 Å². The van der Waals surface area contributed by atoms with Gasteiger partial charge in [-0.2, -0.15) is 15.1 Å². The second-order valence-electron chi connectivity index (χ2n) is 9.46. The van der Waals surface area contributed by atoms with E-state index < -0.39 is 0 Å². The molecule has 0 bridgehead atoms. The molecule has 36 heavy (non-hydrogen) atoms. The summed E-state index contributed by atoms with van der Waals surface area (Å²) in [6.07, 6.45) is 4.06. The first kappa shape index (κ1) is 25.0. The van der Waals surface area contributed by atoms with E-state index in [9.17, 15) is 4.79 Å². The summed E-state index contributed by atoms with van der Waals surface area (Å²) in [5.41, 5.74) is 1.51. The Labute approximate surface area is 220 Å². The van der Waals surface area contributed by atoms with Crippen molar-refractivity contribution in [2.24, 2.45) is 0 Å². The van der Waals surface area contributed by atoms with E-state index in [0.717, 1.165) is 37.7 Å². The standard InChI is InChI=1S/C25H30Cl2N6O3/c1-16-11-12-18(14-32(16)25(34)36-15-17-8-4-3-5-9-17)31(2)22-20-21(26)30-33(19-10-6-7-13-35-19)23(20)29-24(27)28-22/h3-5,8-9,16,18-19H,6-7,10-15H2,1-2H3/t16-,18+,19?/m0/s1. The Bertz CT molecular complexity index is 1220. The highest BCUT2D eigenvalue weighted by atomic mass is 35.5. The summed E-state index contributed by atoms with van der Waals surface area (Å²) in [5.74, 6) is 0.592. The number of fused-ring (bicyclic) bond motifs is 1. The number of anilines is 1. The van der Waals surface area contributed by atoms with Crippen molar-refractivity contribution in [1.82, 2.24) is 24.6 Å². The lowest BCUT2D eigenvalue weighted by Gasteiger charge is -2.41. The molecular formula is C25H30Cl2N6O3. The molecule has 3 aromatic rings. The van der Waals surface area contributed by atoms with Crippen molar-refractivity contribution >= 4 is 46.1 Å². The maximum atomic E-state index is 13.0.